The third-order valence-corrected chi connectivity index (χ3v) is 2.82. The second-order valence-electron chi connectivity index (χ2n) is 4.30. The van der Waals surface area contributed by atoms with Crippen LogP contribution in [0.15, 0.2) is 18.2 Å². The van der Waals surface area contributed by atoms with E-state index in [0.29, 0.717) is 0 Å². The number of anilines is 1. The summed E-state index contributed by atoms with van der Waals surface area (Å²) >= 11 is 0. The summed E-state index contributed by atoms with van der Waals surface area (Å²) in [5.74, 6) is 1.62. The van der Waals surface area contributed by atoms with Crippen molar-refractivity contribution in [2.75, 3.05) is 46.2 Å². The van der Waals surface area contributed by atoms with Crippen molar-refractivity contribution in [3.8, 4) is 11.5 Å². The lowest BCUT2D eigenvalue weighted by atomic mass is 10.2. The smallest absolute Gasteiger partial charge is 0.145 e. The molecule has 0 aliphatic rings. The molecule has 0 aromatic heterocycles. The summed E-state index contributed by atoms with van der Waals surface area (Å²) < 4.78 is 10.5. The summed E-state index contributed by atoms with van der Waals surface area (Å²) in [6.45, 7) is 5.24. The first-order chi connectivity index (χ1) is 8.71. The largest absolute Gasteiger partial charge is 0.497 e. The van der Waals surface area contributed by atoms with Crippen LogP contribution in [-0.4, -0.2) is 45.8 Å². The molecule has 0 aliphatic heterocycles. The van der Waals surface area contributed by atoms with E-state index in [1.807, 2.05) is 18.2 Å². The molecule has 0 radical (unpaired) electrons. The molecule has 102 valence electrons. The van der Waals surface area contributed by atoms with E-state index in [-0.39, 0.29) is 0 Å². The van der Waals surface area contributed by atoms with Gasteiger partial charge in [0.05, 0.1) is 19.9 Å². The van der Waals surface area contributed by atoms with E-state index in [1.165, 1.54) is 6.42 Å². The lowest BCUT2D eigenvalue weighted by Gasteiger charge is -2.17. The normalized spacial score (nSPS) is 10.5. The molecule has 0 saturated heterocycles. The second kappa shape index (κ2) is 7.82. The molecule has 1 aromatic rings. The molecule has 0 heterocycles. The van der Waals surface area contributed by atoms with E-state index >= 15 is 0 Å². The standard InChI is InChI=1S/C14H24N2O2/c1-5-9-16(2)10-8-15-13-7-6-12(17-3)11-14(13)18-4/h6-7,11,15H,5,8-10H2,1-4H3. The van der Waals surface area contributed by atoms with Crippen LogP contribution >= 0.6 is 0 Å². The van der Waals surface area contributed by atoms with Crippen molar-refractivity contribution >= 4 is 5.69 Å². The van der Waals surface area contributed by atoms with Gasteiger partial charge in [-0.05, 0) is 32.1 Å². The molecule has 0 amide bonds. The van der Waals surface area contributed by atoms with Crippen molar-refractivity contribution in [1.82, 2.24) is 4.90 Å². The van der Waals surface area contributed by atoms with Crippen LogP contribution in [-0.2, 0) is 0 Å². The average molecular weight is 252 g/mol. The fraction of sp³-hybridized carbons (Fsp3) is 0.571. The fourth-order valence-corrected chi connectivity index (χ4v) is 1.82. The maximum absolute atomic E-state index is 5.34. The third-order valence-electron chi connectivity index (χ3n) is 2.82. The van der Waals surface area contributed by atoms with Crippen molar-refractivity contribution in [2.24, 2.45) is 0 Å². The molecule has 1 rings (SSSR count). The molecule has 0 aliphatic carbocycles. The number of nitrogens with one attached hydrogen (secondary N) is 1. The summed E-state index contributed by atoms with van der Waals surface area (Å²) in [5.41, 5.74) is 1.00. The van der Waals surface area contributed by atoms with E-state index < -0.39 is 0 Å². The third kappa shape index (κ3) is 4.45. The Hall–Kier alpha value is -1.42. The van der Waals surface area contributed by atoms with Gasteiger partial charge in [0.15, 0.2) is 0 Å². The van der Waals surface area contributed by atoms with Gasteiger partial charge in [0.2, 0.25) is 0 Å². The Morgan fingerprint density at radius 3 is 2.56 bits per heavy atom. The Bertz CT molecular complexity index is 356. The zero-order valence-electron chi connectivity index (χ0n) is 11.8. The number of rotatable bonds is 8. The molecule has 0 saturated carbocycles. The van der Waals surface area contributed by atoms with E-state index in [0.717, 1.165) is 36.8 Å². The molecule has 0 spiro atoms. The maximum atomic E-state index is 5.34. The van der Waals surface area contributed by atoms with Gasteiger partial charge in [-0.1, -0.05) is 6.92 Å². The molecular formula is C14H24N2O2. The highest BCUT2D eigenvalue weighted by Crippen LogP contribution is 2.28. The molecule has 0 fully saturated rings. The number of likely N-dealkylation sites (N-methyl/N-ethyl adjacent to an activating group) is 1. The molecular weight excluding hydrogens is 228 g/mol. The molecule has 0 bridgehead atoms. The topological polar surface area (TPSA) is 33.7 Å². The van der Waals surface area contributed by atoms with Gasteiger partial charge in [0, 0.05) is 19.2 Å². The summed E-state index contributed by atoms with van der Waals surface area (Å²) in [7, 11) is 5.46. The van der Waals surface area contributed by atoms with Crippen LogP contribution in [0, 0.1) is 0 Å². The number of ether oxygens (including phenoxy) is 2. The SMILES string of the molecule is CCCN(C)CCNc1ccc(OC)cc1OC. The number of hydrogen-bond acceptors (Lipinski definition) is 4. The Labute approximate surface area is 110 Å². The van der Waals surface area contributed by atoms with Crippen LogP contribution in [0.1, 0.15) is 13.3 Å². The Morgan fingerprint density at radius 1 is 1.17 bits per heavy atom. The maximum Gasteiger partial charge on any atom is 0.145 e. The minimum absolute atomic E-state index is 0.806. The molecule has 0 unspecified atom stereocenters. The van der Waals surface area contributed by atoms with E-state index in [1.54, 1.807) is 14.2 Å². The average Bonchev–Trinajstić information content (AvgIpc) is 2.39. The Morgan fingerprint density at radius 2 is 1.94 bits per heavy atom. The first-order valence-corrected chi connectivity index (χ1v) is 6.35. The predicted molar refractivity (Wildman–Crippen MR) is 75.8 cm³/mol. The van der Waals surface area contributed by atoms with Gasteiger partial charge in [0.25, 0.3) is 0 Å². The molecule has 1 N–H and O–H groups in total. The monoisotopic (exact) mass is 252 g/mol. The van der Waals surface area contributed by atoms with Crippen LogP contribution in [0.25, 0.3) is 0 Å². The van der Waals surface area contributed by atoms with Gasteiger partial charge in [-0.3, -0.25) is 0 Å². The zero-order chi connectivity index (χ0) is 13.4. The van der Waals surface area contributed by atoms with Crippen molar-refractivity contribution in [3.05, 3.63) is 18.2 Å². The summed E-state index contributed by atoms with van der Waals surface area (Å²) in [6, 6.07) is 5.80. The van der Waals surface area contributed by atoms with Crippen molar-refractivity contribution < 1.29 is 9.47 Å². The van der Waals surface area contributed by atoms with Crippen LogP contribution in [0.3, 0.4) is 0 Å². The van der Waals surface area contributed by atoms with Gasteiger partial charge in [-0.25, -0.2) is 0 Å². The first-order valence-electron chi connectivity index (χ1n) is 6.35. The van der Waals surface area contributed by atoms with Crippen molar-refractivity contribution in [2.45, 2.75) is 13.3 Å². The summed E-state index contributed by atoms with van der Waals surface area (Å²) in [4.78, 5) is 2.31. The van der Waals surface area contributed by atoms with E-state index in [2.05, 4.69) is 24.2 Å². The van der Waals surface area contributed by atoms with Gasteiger partial charge in [-0.15, -0.1) is 0 Å². The van der Waals surface area contributed by atoms with Crippen molar-refractivity contribution in [3.63, 3.8) is 0 Å². The highest BCUT2D eigenvalue weighted by Gasteiger charge is 2.04. The fourth-order valence-electron chi connectivity index (χ4n) is 1.82. The number of benzene rings is 1. The van der Waals surface area contributed by atoms with Crippen LogP contribution < -0.4 is 14.8 Å². The summed E-state index contributed by atoms with van der Waals surface area (Å²) in [5, 5.41) is 3.38. The van der Waals surface area contributed by atoms with Gasteiger partial charge in [-0.2, -0.15) is 0 Å². The van der Waals surface area contributed by atoms with E-state index in [9.17, 15) is 0 Å². The highest BCUT2D eigenvalue weighted by atomic mass is 16.5. The highest BCUT2D eigenvalue weighted by molar-refractivity contribution is 5.59. The van der Waals surface area contributed by atoms with E-state index in [4.69, 9.17) is 9.47 Å². The number of methoxy groups -OCH3 is 2. The minimum atomic E-state index is 0.806. The second-order valence-corrected chi connectivity index (χ2v) is 4.30. The Balaban J connectivity index is 2.51. The number of hydrogen-bond donors (Lipinski definition) is 1. The molecule has 18 heavy (non-hydrogen) atoms. The van der Waals surface area contributed by atoms with Gasteiger partial charge < -0.3 is 19.7 Å². The van der Waals surface area contributed by atoms with Gasteiger partial charge in [0.1, 0.15) is 11.5 Å². The molecule has 1 aromatic carbocycles. The molecule has 0 atom stereocenters. The van der Waals surface area contributed by atoms with Crippen LogP contribution in [0.2, 0.25) is 0 Å². The van der Waals surface area contributed by atoms with Crippen LogP contribution in [0.5, 0.6) is 11.5 Å². The first kappa shape index (κ1) is 14.6. The number of nitrogens with zero attached hydrogens (tertiary/aromatic N) is 1. The van der Waals surface area contributed by atoms with Gasteiger partial charge >= 0.3 is 0 Å². The minimum Gasteiger partial charge on any atom is -0.497 e. The molecule has 4 heteroatoms. The Kier molecular flexibility index (Phi) is 6.36. The quantitative estimate of drug-likeness (QED) is 0.770. The molecule has 4 nitrogen and oxygen atoms in total. The zero-order valence-corrected chi connectivity index (χ0v) is 11.8. The lowest BCUT2D eigenvalue weighted by molar-refractivity contribution is 0.347. The summed E-state index contributed by atoms with van der Waals surface area (Å²) in [6.07, 6.45) is 1.18. The van der Waals surface area contributed by atoms with Crippen LogP contribution in [0.4, 0.5) is 5.69 Å². The lowest BCUT2D eigenvalue weighted by Crippen LogP contribution is -2.25. The van der Waals surface area contributed by atoms with Crippen molar-refractivity contribution in [1.29, 1.82) is 0 Å². The predicted octanol–water partition coefficient (Wildman–Crippen LogP) is 2.46.